The number of benzene rings is 1. The lowest BCUT2D eigenvalue weighted by atomic mass is 10.1. The Labute approximate surface area is 108 Å². The molecule has 0 unspecified atom stereocenters. The maximum Gasteiger partial charge on any atom is 0.323 e. The van der Waals surface area contributed by atoms with E-state index in [2.05, 4.69) is 19.9 Å². The SMILES string of the molecule is Cc1cc(-c2ccc3[nH]c(=O)[nH]c3c2)nc(CN)n1. The van der Waals surface area contributed by atoms with Gasteiger partial charge in [0, 0.05) is 11.3 Å². The van der Waals surface area contributed by atoms with E-state index < -0.39 is 0 Å². The predicted molar refractivity (Wildman–Crippen MR) is 72.6 cm³/mol. The molecule has 0 saturated carbocycles. The molecule has 0 amide bonds. The van der Waals surface area contributed by atoms with Gasteiger partial charge >= 0.3 is 5.69 Å². The summed E-state index contributed by atoms with van der Waals surface area (Å²) in [7, 11) is 0. The lowest BCUT2D eigenvalue weighted by Crippen LogP contribution is -2.05. The minimum atomic E-state index is -0.214. The van der Waals surface area contributed by atoms with Gasteiger partial charge < -0.3 is 15.7 Å². The van der Waals surface area contributed by atoms with Gasteiger partial charge in [-0.25, -0.2) is 14.8 Å². The molecule has 2 heterocycles. The first kappa shape index (κ1) is 11.6. The van der Waals surface area contributed by atoms with Gasteiger partial charge in [0.1, 0.15) is 5.82 Å². The molecule has 6 heteroatoms. The molecule has 1 aromatic carbocycles. The van der Waals surface area contributed by atoms with Gasteiger partial charge in [0.15, 0.2) is 0 Å². The Morgan fingerprint density at radius 2 is 1.95 bits per heavy atom. The first-order valence-corrected chi connectivity index (χ1v) is 5.93. The summed E-state index contributed by atoms with van der Waals surface area (Å²) in [6.45, 7) is 2.21. The summed E-state index contributed by atoms with van der Waals surface area (Å²) in [6, 6.07) is 7.54. The first-order chi connectivity index (χ1) is 9.15. The number of hydrogen-bond acceptors (Lipinski definition) is 4. The molecule has 0 radical (unpaired) electrons. The molecule has 3 aromatic rings. The Kier molecular flexibility index (Phi) is 2.64. The smallest absolute Gasteiger partial charge is 0.323 e. The molecule has 0 spiro atoms. The van der Waals surface area contributed by atoms with Gasteiger partial charge in [0.2, 0.25) is 0 Å². The van der Waals surface area contributed by atoms with Crippen LogP contribution in [0.1, 0.15) is 11.5 Å². The standard InChI is InChI=1S/C13H13N5O/c1-7-4-10(16-12(6-14)15-7)8-2-3-9-11(5-8)18-13(19)17-9/h2-5H,6,14H2,1H3,(H2,17,18,19). The second kappa shape index (κ2) is 4.33. The van der Waals surface area contributed by atoms with E-state index in [0.29, 0.717) is 12.4 Å². The van der Waals surface area contributed by atoms with Gasteiger partial charge in [-0.05, 0) is 25.1 Å². The lowest BCUT2D eigenvalue weighted by Gasteiger charge is -2.05. The van der Waals surface area contributed by atoms with Crippen LogP contribution in [0.2, 0.25) is 0 Å². The molecule has 0 bridgehead atoms. The number of aromatic amines is 2. The predicted octanol–water partition coefficient (Wildman–Crippen LogP) is 1.08. The minimum absolute atomic E-state index is 0.214. The van der Waals surface area contributed by atoms with Gasteiger partial charge in [-0.15, -0.1) is 0 Å². The van der Waals surface area contributed by atoms with E-state index in [9.17, 15) is 4.79 Å². The number of aromatic nitrogens is 4. The quantitative estimate of drug-likeness (QED) is 0.637. The number of H-pyrrole nitrogens is 2. The average molecular weight is 255 g/mol. The zero-order valence-electron chi connectivity index (χ0n) is 10.4. The van der Waals surface area contributed by atoms with Gasteiger partial charge in [0.25, 0.3) is 0 Å². The summed E-state index contributed by atoms with van der Waals surface area (Å²) in [5.41, 5.74) is 9.49. The lowest BCUT2D eigenvalue weighted by molar-refractivity contribution is 0.894. The maximum atomic E-state index is 11.2. The fourth-order valence-electron chi connectivity index (χ4n) is 2.06. The molecule has 0 saturated heterocycles. The van der Waals surface area contributed by atoms with E-state index in [0.717, 1.165) is 28.0 Å². The summed E-state index contributed by atoms with van der Waals surface area (Å²) in [4.78, 5) is 25.3. The normalized spacial score (nSPS) is 11.1. The molecule has 4 N–H and O–H groups in total. The van der Waals surface area contributed by atoms with Crippen LogP contribution in [0.25, 0.3) is 22.3 Å². The monoisotopic (exact) mass is 255 g/mol. The number of hydrogen-bond donors (Lipinski definition) is 3. The summed E-state index contributed by atoms with van der Waals surface area (Å²) in [6.07, 6.45) is 0. The summed E-state index contributed by atoms with van der Waals surface area (Å²) < 4.78 is 0. The minimum Gasteiger partial charge on any atom is -0.324 e. The van der Waals surface area contributed by atoms with Crippen LogP contribution in [0.4, 0.5) is 0 Å². The topological polar surface area (TPSA) is 100 Å². The first-order valence-electron chi connectivity index (χ1n) is 5.93. The molecule has 3 rings (SSSR count). The highest BCUT2D eigenvalue weighted by molar-refractivity contribution is 5.80. The third-order valence-electron chi connectivity index (χ3n) is 2.89. The fraction of sp³-hybridized carbons (Fsp3) is 0.154. The zero-order chi connectivity index (χ0) is 13.4. The number of fused-ring (bicyclic) bond motifs is 1. The Morgan fingerprint density at radius 3 is 2.74 bits per heavy atom. The van der Waals surface area contributed by atoms with E-state index in [1.807, 2.05) is 31.2 Å². The molecule has 0 aliphatic rings. The van der Waals surface area contributed by atoms with Crippen LogP contribution in [0.15, 0.2) is 29.1 Å². The van der Waals surface area contributed by atoms with E-state index in [1.165, 1.54) is 0 Å². The largest absolute Gasteiger partial charge is 0.324 e. The number of nitrogens with two attached hydrogens (primary N) is 1. The van der Waals surface area contributed by atoms with Crippen LogP contribution in [0.3, 0.4) is 0 Å². The van der Waals surface area contributed by atoms with Crippen molar-refractivity contribution in [2.75, 3.05) is 0 Å². The van der Waals surface area contributed by atoms with Crippen LogP contribution in [0.5, 0.6) is 0 Å². The van der Waals surface area contributed by atoms with Crippen molar-refractivity contribution in [2.24, 2.45) is 5.73 Å². The summed E-state index contributed by atoms with van der Waals surface area (Å²) in [5.74, 6) is 0.609. The average Bonchev–Trinajstić information content (AvgIpc) is 2.76. The molecule has 0 aliphatic carbocycles. The molecular formula is C13H13N5O. The van der Waals surface area contributed by atoms with E-state index in [-0.39, 0.29) is 5.69 Å². The summed E-state index contributed by atoms with van der Waals surface area (Å²) in [5, 5.41) is 0. The van der Waals surface area contributed by atoms with Crippen LogP contribution >= 0.6 is 0 Å². The van der Waals surface area contributed by atoms with Crippen molar-refractivity contribution < 1.29 is 0 Å². The second-order valence-electron chi connectivity index (χ2n) is 4.35. The van der Waals surface area contributed by atoms with Crippen LogP contribution in [-0.2, 0) is 6.54 Å². The van der Waals surface area contributed by atoms with E-state index in [1.54, 1.807) is 0 Å². The molecule has 2 aromatic heterocycles. The van der Waals surface area contributed by atoms with Crippen molar-refractivity contribution in [1.29, 1.82) is 0 Å². The van der Waals surface area contributed by atoms with Crippen LogP contribution < -0.4 is 11.4 Å². The van der Waals surface area contributed by atoms with E-state index >= 15 is 0 Å². The molecule has 0 fully saturated rings. The molecule has 19 heavy (non-hydrogen) atoms. The molecule has 96 valence electrons. The van der Waals surface area contributed by atoms with Crippen molar-refractivity contribution >= 4 is 11.0 Å². The Balaban J connectivity index is 2.17. The Hall–Kier alpha value is -2.47. The van der Waals surface area contributed by atoms with Crippen molar-refractivity contribution in [2.45, 2.75) is 13.5 Å². The summed E-state index contributed by atoms with van der Waals surface area (Å²) >= 11 is 0. The highest BCUT2D eigenvalue weighted by Gasteiger charge is 2.06. The van der Waals surface area contributed by atoms with Crippen LogP contribution in [-0.4, -0.2) is 19.9 Å². The van der Waals surface area contributed by atoms with Crippen molar-refractivity contribution in [3.63, 3.8) is 0 Å². The van der Waals surface area contributed by atoms with Crippen LogP contribution in [0, 0.1) is 6.92 Å². The number of rotatable bonds is 2. The Morgan fingerprint density at radius 1 is 1.16 bits per heavy atom. The highest BCUT2D eigenvalue weighted by atomic mass is 16.1. The highest BCUT2D eigenvalue weighted by Crippen LogP contribution is 2.21. The molecular weight excluding hydrogens is 242 g/mol. The van der Waals surface area contributed by atoms with Gasteiger partial charge in [-0.2, -0.15) is 0 Å². The van der Waals surface area contributed by atoms with Crippen molar-refractivity contribution in [3.05, 3.63) is 46.3 Å². The van der Waals surface area contributed by atoms with Crippen molar-refractivity contribution in [1.82, 2.24) is 19.9 Å². The van der Waals surface area contributed by atoms with Gasteiger partial charge in [-0.3, -0.25) is 0 Å². The number of aryl methyl sites for hydroxylation is 1. The molecule has 0 atom stereocenters. The third kappa shape index (κ3) is 2.13. The maximum absolute atomic E-state index is 11.2. The molecule has 0 aliphatic heterocycles. The zero-order valence-corrected chi connectivity index (χ0v) is 10.4. The van der Waals surface area contributed by atoms with Crippen molar-refractivity contribution in [3.8, 4) is 11.3 Å². The van der Waals surface area contributed by atoms with Gasteiger partial charge in [0.05, 0.1) is 23.3 Å². The van der Waals surface area contributed by atoms with Gasteiger partial charge in [-0.1, -0.05) is 6.07 Å². The third-order valence-corrected chi connectivity index (χ3v) is 2.89. The fourth-order valence-corrected chi connectivity index (χ4v) is 2.06. The number of nitrogens with one attached hydrogen (secondary N) is 2. The van der Waals surface area contributed by atoms with E-state index in [4.69, 9.17) is 5.73 Å². The Bertz CT molecular complexity index is 802. The second-order valence-corrected chi connectivity index (χ2v) is 4.35. The number of nitrogens with zero attached hydrogens (tertiary/aromatic N) is 2. The molecule has 6 nitrogen and oxygen atoms in total. The number of imidazole rings is 1.